The predicted molar refractivity (Wildman–Crippen MR) is 60.8 cm³/mol. The first-order chi connectivity index (χ1) is 6.50. The van der Waals surface area contributed by atoms with Crippen LogP contribution in [0.5, 0.6) is 5.75 Å². The van der Waals surface area contributed by atoms with Crippen molar-refractivity contribution in [1.29, 1.82) is 0 Å². The van der Waals surface area contributed by atoms with Gasteiger partial charge < -0.3 is 10.4 Å². The van der Waals surface area contributed by atoms with Gasteiger partial charge in [0, 0.05) is 11.7 Å². The van der Waals surface area contributed by atoms with E-state index in [1.54, 1.807) is 6.07 Å². The van der Waals surface area contributed by atoms with Crippen LogP contribution in [0, 0.1) is 12.8 Å². The fourth-order valence-electron chi connectivity index (χ4n) is 1.17. The molecule has 78 valence electrons. The van der Waals surface area contributed by atoms with Gasteiger partial charge in [0.1, 0.15) is 5.75 Å². The van der Waals surface area contributed by atoms with Crippen molar-refractivity contribution in [1.82, 2.24) is 0 Å². The molecule has 2 nitrogen and oxygen atoms in total. The molecule has 0 aliphatic rings. The summed E-state index contributed by atoms with van der Waals surface area (Å²) in [6.45, 7) is 8.43. The maximum atomic E-state index is 9.36. The third kappa shape index (κ3) is 2.66. The molecule has 0 heterocycles. The van der Waals surface area contributed by atoms with E-state index in [1.807, 2.05) is 19.1 Å². The minimum atomic E-state index is 0.354. The first kappa shape index (κ1) is 10.9. The van der Waals surface area contributed by atoms with Crippen molar-refractivity contribution >= 4 is 5.69 Å². The Bertz CT molecular complexity index is 307. The Balaban J connectivity index is 2.73. The number of hydrogen-bond donors (Lipinski definition) is 2. The molecule has 1 rings (SSSR count). The highest BCUT2D eigenvalue weighted by molar-refractivity contribution is 5.50. The maximum Gasteiger partial charge on any atom is 0.118 e. The number of nitrogens with one attached hydrogen (secondary N) is 1. The molecule has 0 radical (unpaired) electrons. The Morgan fingerprint density at radius 3 is 2.36 bits per heavy atom. The lowest BCUT2D eigenvalue weighted by atomic mass is 10.1. The zero-order chi connectivity index (χ0) is 10.7. The van der Waals surface area contributed by atoms with E-state index in [2.05, 4.69) is 26.1 Å². The molecule has 0 aliphatic heterocycles. The minimum Gasteiger partial charge on any atom is -0.508 e. The van der Waals surface area contributed by atoms with Crippen LogP contribution in [-0.4, -0.2) is 11.1 Å². The van der Waals surface area contributed by atoms with Crippen LogP contribution < -0.4 is 5.32 Å². The van der Waals surface area contributed by atoms with E-state index in [4.69, 9.17) is 0 Å². The highest BCUT2D eigenvalue weighted by Gasteiger charge is 2.06. The van der Waals surface area contributed by atoms with Gasteiger partial charge in [0.05, 0.1) is 0 Å². The molecule has 0 bridgehead atoms. The fourth-order valence-corrected chi connectivity index (χ4v) is 1.17. The van der Waals surface area contributed by atoms with Gasteiger partial charge >= 0.3 is 0 Å². The summed E-state index contributed by atoms with van der Waals surface area (Å²) in [4.78, 5) is 0. The first-order valence-corrected chi connectivity index (χ1v) is 5.07. The molecule has 2 N–H and O–H groups in total. The largest absolute Gasteiger partial charge is 0.508 e. The summed E-state index contributed by atoms with van der Waals surface area (Å²) in [5, 5.41) is 12.8. The van der Waals surface area contributed by atoms with Crippen LogP contribution in [0.25, 0.3) is 0 Å². The Kier molecular flexibility index (Phi) is 3.39. The number of hydrogen-bond acceptors (Lipinski definition) is 2. The van der Waals surface area contributed by atoms with Crippen LogP contribution in [0.1, 0.15) is 26.3 Å². The van der Waals surface area contributed by atoms with Gasteiger partial charge in [-0.25, -0.2) is 0 Å². The average Bonchev–Trinajstić information content (AvgIpc) is 2.11. The third-order valence-electron chi connectivity index (χ3n) is 2.59. The number of aromatic hydroxyl groups is 1. The monoisotopic (exact) mass is 193 g/mol. The SMILES string of the molecule is Cc1cc(NC(C)C(C)C)ccc1O. The van der Waals surface area contributed by atoms with Crippen molar-refractivity contribution in [3.8, 4) is 5.75 Å². The number of phenolic OH excluding ortho intramolecular Hbond substituents is 1. The number of aryl methyl sites for hydroxylation is 1. The smallest absolute Gasteiger partial charge is 0.118 e. The number of phenols is 1. The van der Waals surface area contributed by atoms with Gasteiger partial charge in [-0.2, -0.15) is 0 Å². The lowest BCUT2D eigenvalue weighted by Crippen LogP contribution is -2.21. The predicted octanol–water partition coefficient (Wildman–Crippen LogP) is 3.16. The summed E-state index contributed by atoms with van der Waals surface area (Å²) >= 11 is 0. The normalized spacial score (nSPS) is 12.9. The van der Waals surface area contributed by atoms with Gasteiger partial charge in [-0.15, -0.1) is 0 Å². The number of benzene rings is 1. The van der Waals surface area contributed by atoms with E-state index in [0.717, 1.165) is 11.3 Å². The van der Waals surface area contributed by atoms with Crippen LogP contribution in [0.3, 0.4) is 0 Å². The molecule has 0 amide bonds. The van der Waals surface area contributed by atoms with E-state index < -0.39 is 0 Å². The summed E-state index contributed by atoms with van der Waals surface area (Å²) in [6, 6.07) is 6.04. The van der Waals surface area contributed by atoms with Crippen molar-refractivity contribution < 1.29 is 5.11 Å². The van der Waals surface area contributed by atoms with Crippen LogP contribution in [0.15, 0.2) is 18.2 Å². The molecular weight excluding hydrogens is 174 g/mol. The maximum absolute atomic E-state index is 9.36. The van der Waals surface area contributed by atoms with Crippen LogP contribution in [0.4, 0.5) is 5.69 Å². The van der Waals surface area contributed by atoms with Crippen LogP contribution in [-0.2, 0) is 0 Å². The lowest BCUT2D eigenvalue weighted by molar-refractivity contribution is 0.471. The summed E-state index contributed by atoms with van der Waals surface area (Å²) in [5.74, 6) is 0.955. The Morgan fingerprint density at radius 2 is 1.86 bits per heavy atom. The average molecular weight is 193 g/mol. The second-order valence-corrected chi connectivity index (χ2v) is 4.18. The van der Waals surface area contributed by atoms with E-state index >= 15 is 0 Å². The van der Waals surface area contributed by atoms with Gasteiger partial charge in [0.15, 0.2) is 0 Å². The van der Waals surface area contributed by atoms with Gasteiger partial charge in [0.2, 0.25) is 0 Å². The summed E-state index contributed by atoms with van der Waals surface area (Å²) < 4.78 is 0. The van der Waals surface area contributed by atoms with Crippen molar-refractivity contribution in [2.24, 2.45) is 5.92 Å². The van der Waals surface area contributed by atoms with Crippen LogP contribution in [0.2, 0.25) is 0 Å². The fraction of sp³-hybridized carbons (Fsp3) is 0.500. The molecule has 1 aromatic carbocycles. The highest BCUT2D eigenvalue weighted by Crippen LogP contribution is 2.21. The zero-order valence-corrected chi connectivity index (χ0v) is 9.33. The molecule has 1 aromatic rings. The molecule has 0 spiro atoms. The van der Waals surface area contributed by atoms with Crippen molar-refractivity contribution in [2.75, 3.05) is 5.32 Å². The molecular formula is C12H19NO. The molecule has 1 atom stereocenters. The van der Waals surface area contributed by atoms with E-state index in [-0.39, 0.29) is 0 Å². The molecule has 0 saturated carbocycles. The van der Waals surface area contributed by atoms with E-state index in [9.17, 15) is 5.11 Å². The number of anilines is 1. The van der Waals surface area contributed by atoms with Crippen LogP contribution >= 0.6 is 0 Å². The second-order valence-electron chi connectivity index (χ2n) is 4.18. The van der Waals surface area contributed by atoms with Gasteiger partial charge in [-0.1, -0.05) is 13.8 Å². The lowest BCUT2D eigenvalue weighted by Gasteiger charge is -2.19. The Morgan fingerprint density at radius 1 is 1.21 bits per heavy atom. The third-order valence-corrected chi connectivity index (χ3v) is 2.59. The zero-order valence-electron chi connectivity index (χ0n) is 9.33. The summed E-state index contributed by atoms with van der Waals surface area (Å²) in [7, 11) is 0. The van der Waals surface area contributed by atoms with E-state index in [1.165, 1.54) is 0 Å². The molecule has 0 saturated heterocycles. The molecule has 0 aromatic heterocycles. The van der Waals surface area contributed by atoms with E-state index in [0.29, 0.717) is 17.7 Å². The van der Waals surface area contributed by atoms with Crippen molar-refractivity contribution in [3.63, 3.8) is 0 Å². The molecule has 0 fully saturated rings. The molecule has 0 aliphatic carbocycles. The summed E-state index contributed by atoms with van der Waals surface area (Å²) in [6.07, 6.45) is 0. The second kappa shape index (κ2) is 4.36. The Hall–Kier alpha value is -1.18. The minimum absolute atomic E-state index is 0.354. The number of rotatable bonds is 3. The van der Waals surface area contributed by atoms with Crippen molar-refractivity contribution in [2.45, 2.75) is 33.7 Å². The van der Waals surface area contributed by atoms with Gasteiger partial charge in [-0.05, 0) is 43.5 Å². The molecule has 14 heavy (non-hydrogen) atoms. The van der Waals surface area contributed by atoms with Gasteiger partial charge in [-0.3, -0.25) is 0 Å². The quantitative estimate of drug-likeness (QED) is 0.723. The molecule has 1 unspecified atom stereocenters. The van der Waals surface area contributed by atoms with Gasteiger partial charge in [0.25, 0.3) is 0 Å². The molecule has 2 heteroatoms. The first-order valence-electron chi connectivity index (χ1n) is 5.07. The topological polar surface area (TPSA) is 32.3 Å². The standard InChI is InChI=1S/C12H19NO/c1-8(2)10(4)13-11-5-6-12(14)9(3)7-11/h5-8,10,13-14H,1-4H3. The van der Waals surface area contributed by atoms with Crippen molar-refractivity contribution in [3.05, 3.63) is 23.8 Å². The Labute approximate surface area is 86.0 Å². The highest BCUT2D eigenvalue weighted by atomic mass is 16.3. The summed E-state index contributed by atoms with van der Waals surface area (Å²) in [5.41, 5.74) is 1.98.